The number of hydrogen-bond donors (Lipinski definition) is 0. The minimum atomic E-state index is 0.0725. The molecule has 0 N–H and O–H groups in total. The fourth-order valence-electron chi connectivity index (χ4n) is 5.04. The summed E-state index contributed by atoms with van der Waals surface area (Å²) in [5, 5.41) is 0. The summed E-state index contributed by atoms with van der Waals surface area (Å²) in [5.41, 5.74) is 4.41. The van der Waals surface area contributed by atoms with Crippen molar-refractivity contribution in [2.24, 2.45) is 5.92 Å². The topological polar surface area (TPSA) is 49.3 Å². The molecule has 2 bridgehead atoms. The van der Waals surface area contributed by atoms with Crippen LogP contribution in [0.4, 0.5) is 5.95 Å². The minimum Gasteiger partial charge on any atom is -0.332 e. The molecule has 3 unspecified atom stereocenters. The minimum absolute atomic E-state index is 0.0725. The van der Waals surface area contributed by atoms with Gasteiger partial charge in [0.25, 0.3) is 0 Å². The van der Waals surface area contributed by atoms with Crippen molar-refractivity contribution < 1.29 is 4.79 Å². The number of ketones is 1. The fourth-order valence-corrected chi connectivity index (χ4v) is 5.04. The van der Waals surface area contributed by atoms with Gasteiger partial charge in [0.15, 0.2) is 0 Å². The summed E-state index contributed by atoms with van der Waals surface area (Å²) in [7, 11) is 0. The number of carbonyl (C=O) groups is 1. The van der Waals surface area contributed by atoms with E-state index in [0.29, 0.717) is 24.5 Å². The van der Waals surface area contributed by atoms with Gasteiger partial charge in [-0.15, -0.1) is 0 Å². The van der Waals surface area contributed by atoms with Crippen LogP contribution < -0.4 is 4.90 Å². The lowest BCUT2D eigenvalue weighted by atomic mass is 9.96. The van der Waals surface area contributed by atoms with E-state index in [-0.39, 0.29) is 11.7 Å². The predicted octanol–water partition coefficient (Wildman–Crippen LogP) is 4.67. The molecule has 3 heterocycles. The third-order valence-corrected chi connectivity index (χ3v) is 7.22. The lowest BCUT2D eigenvalue weighted by Gasteiger charge is -2.43. The van der Waals surface area contributed by atoms with Crippen molar-refractivity contribution in [3.8, 4) is 11.1 Å². The first-order chi connectivity index (χ1) is 14.9. The average molecular weight is 421 g/mol. The van der Waals surface area contributed by atoms with Gasteiger partial charge in [0.2, 0.25) is 5.95 Å². The number of aromatic nitrogens is 2. The molecule has 1 aromatic heterocycles. The van der Waals surface area contributed by atoms with Gasteiger partial charge < -0.3 is 4.90 Å². The van der Waals surface area contributed by atoms with Crippen LogP contribution in [0.3, 0.4) is 0 Å². The molecule has 2 saturated heterocycles. The zero-order valence-corrected chi connectivity index (χ0v) is 19.6. The van der Waals surface area contributed by atoms with Gasteiger partial charge in [-0.05, 0) is 49.8 Å². The smallest absolute Gasteiger partial charge is 0.225 e. The highest BCUT2D eigenvalue weighted by atomic mass is 16.1. The van der Waals surface area contributed by atoms with Crippen LogP contribution >= 0.6 is 0 Å². The molecule has 3 atom stereocenters. The Hall–Kier alpha value is -2.27. The standard InChI is InChI=1S/C26H36N4O/c1-6-19(5)29-15-22-8-9-23(16-29)30(22)26-27-13-21(14-28-26)24-10-7-20(11-18(24)4)12-25(31)17(2)3/h7,10-11,13-14,17,19,22-23H,6,8-9,12,15-16H2,1-5H3. The molecule has 31 heavy (non-hydrogen) atoms. The third kappa shape index (κ3) is 4.52. The van der Waals surface area contributed by atoms with Gasteiger partial charge in [-0.1, -0.05) is 39.0 Å². The van der Waals surface area contributed by atoms with Gasteiger partial charge in [0, 0.05) is 61.5 Å². The van der Waals surface area contributed by atoms with Crippen molar-refractivity contribution in [2.45, 2.75) is 78.4 Å². The van der Waals surface area contributed by atoms with E-state index in [2.05, 4.69) is 48.8 Å². The molecule has 5 nitrogen and oxygen atoms in total. The van der Waals surface area contributed by atoms with Crippen LogP contribution in [0.1, 0.15) is 58.1 Å². The number of nitrogens with zero attached hydrogens (tertiary/aromatic N) is 4. The number of Topliss-reactive ketones (excluding diaryl/α,β-unsaturated/α-hetero) is 1. The molecule has 1 aromatic carbocycles. The highest BCUT2D eigenvalue weighted by Gasteiger charge is 2.42. The Morgan fingerprint density at radius 3 is 2.29 bits per heavy atom. The largest absolute Gasteiger partial charge is 0.332 e. The van der Waals surface area contributed by atoms with Gasteiger partial charge in [-0.3, -0.25) is 9.69 Å². The highest BCUT2D eigenvalue weighted by Crippen LogP contribution is 2.34. The number of hydrogen-bond acceptors (Lipinski definition) is 5. The Morgan fingerprint density at radius 1 is 1.10 bits per heavy atom. The summed E-state index contributed by atoms with van der Waals surface area (Å²) in [6.45, 7) is 12.9. The molecule has 2 aromatic rings. The first kappa shape index (κ1) is 21.9. The highest BCUT2D eigenvalue weighted by molar-refractivity contribution is 5.83. The fraction of sp³-hybridized carbons (Fsp3) is 0.577. The molecular weight excluding hydrogens is 384 g/mol. The van der Waals surface area contributed by atoms with E-state index in [1.54, 1.807) is 0 Å². The van der Waals surface area contributed by atoms with E-state index in [4.69, 9.17) is 9.97 Å². The number of piperazine rings is 1. The van der Waals surface area contributed by atoms with E-state index < -0.39 is 0 Å². The molecule has 2 aliphatic rings. The normalized spacial score (nSPS) is 22.2. The number of aryl methyl sites for hydroxylation is 1. The third-order valence-electron chi connectivity index (χ3n) is 7.22. The van der Waals surface area contributed by atoms with Crippen LogP contribution in [0.5, 0.6) is 0 Å². The van der Waals surface area contributed by atoms with Crippen molar-refractivity contribution in [2.75, 3.05) is 18.0 Å². The maximum Gasteiger partial charge on any atom is 0.225 e. The second-order valence-electron chi connectivity index (χ2n) is 9.72. The lowest BCUT2D eigenvalue weighted by molar-refractivity contribution is -0.121. The Bertz CT molecular complexity index is 910. The molecule has 0 aliphatic carbocycles. The molecule has 2 aliphatic heterocycles. The Labute approximate surface area is 186 Å². The molecule has 4 rings (SSSR count). The van der Waals surface area contributed by atoms with Crippen molar-refractivity contribution in [3.63, 3.8) is 0 Å². The van der Waals surface area contributed by atoms with Gasteiger partial charge in [0.1, 0.15) is 5.78 Å². The summed E-state index contributed by atoms with van der Waals surface area (Å²) >= 11 is 0. The molecular formula is C26H36N4O. The second kappa shape index (κ2) is 9.07. The van der Waals surface area contributed by atoms with E-state index in [9.17, 15) is 4.79 Å². The predicted molar refractivity (Wildman–Crippen MR) is 126 cm³/mol. The van der Waals surface area contributed by atoms with Gasteiger partial charge >= 0.3 is 0 Å². The molecule has 0 amide bonds. The average Bonchev–Trinajstić information content (AvgIpc) is 3.02. The number of fused-ring (bicyclic) bond motifs is 2. The number of rotatable bonds is 7. The Morgan fingerprint density at radius 2 is 1.74 bits per heavy atom. The van der Waals surface area contributed by atoms with E-state index in [0.717, 1.165) is 41.3 Å². The van der Waals surface area contributed by atoms with Crippen molar-refractivity contribution in [3.05, 3.63) is 41.7 Å². The maximum atomic E-state index is 12.1. The molecule has 166 valence electrons. The van der Waals surface area contributed by atoms with Crippen LogP contribution in [0.25, 0.3) is 11.1 Å². The SMILES string of the molecule is CCC(C)N1CC2CCC(C1)N2c1ncc(-c2ccc(CC(=O)C(C)C)cc2C)cn1. The zero-order valence-electron chi connectivity index (χ0n) is 19.6. The molecule has 5 heteroatoms. The second-order valence-corrected chi connectivity index (χ2v) is 9.72. The van der Waals surface area contributed by atoms with Crippen molar-refractivity contribution >= 4 is 11.7 Å². The molecule has 0 saturated carbocycles. The summed E-state index contributed by atoms with van der Waals surface area (Å²) < 4.78 is 0. The van der Waals surface area contributed by atoms with E-state index in [1.165, 1.54) is 19.3 Å². The number of carbonyl (C=O) groups excluding carboxylic acids is 1. The zero-order chi connectivity index (χ0) is 22.1. The van der Waals surface area contributed by atoms with E-state index >= 15 is 0 Å². The summed E-state index contributed by atoms with van der Waals surface area (Å²) in [6, 6.07) is 7.99. The monoisotopic (exact) mass is 420 g/mol. The van der Waals surface area contributed by atoms with Gasteiger partial charge in [-0.25, -0.2) is 9.97 Å². The molecule has 2 fully saturated rings. The van der Waals surface area contributed by atoms with E-state index in [1.807, 2.05) is 26.2 Å². The first-order valence-corrected chi connectivity index (χ1v) is 11.8. The molecule has 0 spiro atoms. The Balaban J connectivity index is 1.49. The summed E-state index contributed by atoms with van der Waals surface area (Å²) in [4.78, 5) is 26.8. The van der Waals surface area contributed by atoms with Gasteiger partial charge in [0.05, 0.1) is 0 Å². The van der Waals surface area contributed by atoms with Crippen molar-refractivity contribution in [1.82, 2.24) is 14.9 Å². The van der Waals surface area contributed by atoms with Crippen LogP contribution in [0.15, 0.2) is 30.6 Å². The summed E-state index contributed by atoms with van der Waals surface area (Å²) in [6.07, 6.45) is 8.10. The Kier molecular flexibility index (Phi) is 6.42. The van der Waals surface area contributed by atoms with Crippen LogP contribution in [0.2, 0.25) is 0 Å². The first-order valence-electron chi connectivity index (χ1n) is 11.8. The van der Waals surface area contributed by atoms with Crippen LogP contribution in [0, 0.1) is 12.8 Å². The number of benzene rings is 1. The maximum absolute atomic E-state index is 12.1. The summed E-state index contributed by atoms with van der Waals surface area (Å²) in [5.74, 6) is 1.23. The quantitative estimate of drug-likeness (QED) is 0.651. The lowest BCUT2D eigenvalue weighted by Crippen LogP contribution is -2.56. The number of anilines is 1. The molecule has 0 radical (unpaired) electrons. The van der Waals surface area contributed by atoms with Gasteiger partial charge in [-0.2, -0.15) is 0 Å². The van der Waals surface area contributed by atoms with Crippen LogP contribution in [-0.2, 0) is 11.2 Å². The van der Waals surface area contributed by atoms with Crippen molar-refractivity contribution in [1.29, 1.82) is 0 Å². The number of likely N-dealkylation sites (tertiary alicyclic amines) is 1. The van der Waals surface area contributed by atoms with Crippen LogP contribution in [-0.4, -0.2) is 51.9 Å².